The zero-order valence-corrected chi connectivity index (χ0v) is 21.3. The van der Waals surface area contributed by atoms with Crippen LogP contribution in [0.4, 0.5) is 0 Å². The van der Waals surface area contributed by atoms with Crippen LogP contribution in [0.3, 0.4) is 0 Å². The molecule has 0 radical (unpaired) electrons. The molecule has 0 aliphatic carbocycles. The molecule has 0 bridgehead atoms. The molecular formula is C28H38O4. The highest BCUT2D eigenvalue weighted by atomic mass is 16.5. The normalized spacial score (nSPS) is 12.7. The van der Waals surface area contributed by atoms with E-state index in [1.165, 1.54) is 0 Å². The number of rotatable bonds is 6. The van der Waals surface area contributed by atoms with Crippen molar-refractivity contribution in [2.75, 3.05) is 7.11 Å². The number of methoxy groups -OCH3 is 1. The van der Waals surface area contributed by atoms with Crippen molar-refractivity contribution in [1.82, 2.24) is 0 Å². The van der Waals surface area contributed by atoms with Crippen molar-refractivity contribution in [3.05, 3.63) is 59.2 Å². The maximum absolute atomic E-state index is 12.8. The predicted octanol–water partition coefficient (Wildman–Crippen LogP) is 7.24. The van der Waals surface area contributed by atoms with Gasteiger partial charge in [-0.05, 0) is 89.4 Å². The minimum Gasteiger partial charge on any atom is -0.497 e. The summed E-state index contributed by atoms with van der Waals surface area (Å²) in [5.74, 6) is 2.11. The van der Waals surface area contributed by atoms with Crippen LogP contribution in [0.5, 0.6) is 17.2 Å². The van der Waals surface area contributed by atoms with Gasteiger partial charge in [0.15, 0.2) is 5.78 Å². The fourth-order valence-electron chi connectivity index (χ4n) is 3.14. The van der Waals surface area contributed by atoms with Gasteiger partial charge in [0, 0.05) is 22.8 Å². The van der Waals surface area contributed by atoms with Crippen LogP contribution in [-0.4, -0.2) is 24.1 Å². The molecule has 0 atom stereocenters. The molecule has 2 rings (SSSR count). The van der Waals surface area contributed by atoms with E-state index in [1.54, 1.807) is 37.5 Å². The molecule has 0 unspecified atom stereocenters. The number of ether oxygens (including phenoxy) is 3. The van der Waals surface area contributed by atoms with Gasteiger partial charge in [0.1, 0.15) is 28.5 Å². The Morgan fingerprint density at radius 2 is 1.31 bits per heavy atom. The summed E-state index contributed by atoms with van der Waals surface area (Å²) < 4.78 is 17.7. The van der Waals surface area contributed by atoms with Crippen LogP contribution < -0.4 is 14.2 Å². The average Bonchev–Trinajstić information content (AvgIpc) is 2.63. The third kappa shape index (κ3) is 7.44. The Morgan fingerprint density at radius 3 is 1.78 bits per heavy atom. The van der Waals surface area contributed by atoms with Crippen LogP contribution in [0.25, 0.3) is 6.08 Å². The fourth-order valence-corrected chi connectivity index (χ4v) is 3.14. The molecule has 0 heterocycles. The second-order valence-corrected chi connectivity index (χ2v) is 11.0. The van der Waals surface area contributed by atoms with Gasteiger partial charge in [-0.25, -0.2) is 0 Å². The van der Waals surface area contributed by atoms with E-state index in [-0.39, 0.29) is 16.8 Å². The third-order valence-corrected chi connectivity index (χ3v) is 4.54. The standard InChI is InChI=1S/C28H38O4/c1-26(2,3)22-17-20(13-16-23(29)19-11-14-21(30-10)15-12-19)24(31-27(4,5)6)18-25(22)32-28(7,8)9/h11-18H,1-10H3. The van der Waals surface area contributed by atoms with Gasteiger partial charge >= 0.3 is 0 Å². The number of hydrogen-bond donors (Lipinski definition) is 0. The SMILES string of the molecule is COc1ccc(C(=O)C=Cc2cc(C(C)(C)C)c(OC(C)(C)C)cc2OC(C)(C)C)cc1. The molecule has 0 aliphatic heterocycles. The molecule has 0 spiro atoms. The maximum atomic E-state index is 12.8. The molecule has 0 saturated heterocycles. The van der Waals surface area contributed by atoms with Crippen LogP contribution in [0.2, 0.25) is 0 Å². The summed E-state index contributed by atoms with van der Waals surface area (Å²) in [5.41, 5.74) is 1.61. The van der Waals surface area contributed by atoms with E-state index in [9.17, 15) is 4.79 Å². The summed E-state index contributed by atoms with van der Waals surface area (Å²) in [6.07, 6.45) is 3.41. The first-order valence-electron chi connectivity index (χ1n) is 11.0. The van der Waals surface area contributed by atoms with Crippen molar-refractivity contribution in [2.45, 2.75) is 78.9 Å². The number of benzene rings is 2. The van der Waals surface area contributed by atoms with Crippen LogP contribution in [0.15, 0.2) is 42.5 Å². The van der Waals surface area contributed by atoms with Gasteiger partial charge in [0.05, 0.1) is 7.11 Å². The number of allylic oxidation sites excluding steroid dienone is 1. The van der Waals surface area contributed by atoms with E-state index in [1.807, 2.05) is 53.7 Å². The van der Waals surface area contributed by atoms with Crippen molar-refractivity contribution in [3.8, 4) is 17.2 Å². The number of hydrogen-bond acceptors (Lipinski definition) is 4. The van der Waals surface area contributed by atoms with Gasteiger partial charge < -0.3 is 14.2 Å². The van der Waals surface area contributed by atoms with E-state index in [0.717, 1.165) is 22.6 Å². The van der Waals surface area contributed by atoms with Crippen LogP contribution >= 0.6 is 0 Å². The quantitative estimate of drug-likeness (QED) is 0.352. The molecule has 32 heavy (non-hydrogen) atoms. The molecule has 2 aromatic carbocycles. The molecule has 4 heteroatoms. The van der Waals surface area contributed by atoms with Gasteiger partial charge in [-0.1, -0.05) is 20.8 Å². The van der Waals surface area contributed by atoms with Crippen molar-refractivity contribution >= 4 is 11.9 Å². The summed E-state index contributed by atoms with van der Waals surface area (Å²) in [5, 5.41) is 0. The summed E-state index contributed by atoms with van der Waals surface area (Å²) in [6, 6.07) is 11.1. The molecule has 4 nitrogen and oxygen atoms in total. The van der Waals surface area contributed by atoms with Crippen LogP contribution in [0.1, 0.15) is 83.8 Å². The Kier molecular flexibility index (Phi) is 7.49. The molecule has 0 fully saturated rings. The van der Waals surface area contributed by atoms with Crippen molar-refractivity contribution < 1.29 is 19.0 Å². The van der Waals surface area contributed by atoms with Crippen LogP contribution in [-0.2, 0) is 5.41 Å². The molecule has 0 aliphatic rings. The van der Waals surface area contributed by atoms with Crippen molar-refractivity contribution in [3.63, 3.8) is 0 Å². The summed E-state index contributed by atoms with van der Waals surface area (Å²) in [7, 11) is 1.60. The summed E-state index contributed by atoms with van der Waals surface area (Å²) in [6.45, 7) is 18.6. The minimum atomic E-state index is -0.398. The minimum absolute atomic E-state index is 0.0818. The fraction of sp³-hybridized carbons (Fsp3) is 0.464. The maximum Gasteiger partial charge on any atom is 0.185 e. The lowest BCUT2D eigenvalue weighted by molar-refractivity contribution is 0.104. The summed E-state index contributed by atoms with van der Waals surface area (Å²) in [4.78, 5) is 12.8. The Hall–Kier alpha value is -2.75. The lowest BCUT2D eigenvalue weighted by Gasteiger charge is -2.30. The Morgan fingerprint density at radius 1 is 0.781 bits per heavy atom. The summed E-state index contributed by atoms with van der Waals surface area (Å²) >= 11 is 0. The molecule has 0 N–H and O–H groups in total. The molecule has 174 valence electrons. The van der Waals surface area contributed by atoms with Crippen molar-refractivity contribution in [2.24, 2.45) is 0 Å². The first kappa shape index (κ1) is 25.5. The number of carbonyl (C=O) groups is 1. The van der Waals surface area contributed by atoms with E-state index in [2.05, 4.69) is 26.8 Å². The van der Waals surface area contributed by atoms with Gasteiger partial charge in [0.25, 0.3) is 0 Å². The molecule has 0 aromatic heterocycles. The average molecular weight is 439 g/mol. The highest BCUT2D eigenvalue weighted by molar-refractivity contribution is 6.07. The van der Waals surface area contributed by atoms with Crippen molar-refractivity contribution in [1.29, 1.82) is 0 Å². The second-order valence-electron chi connectivity index (χ2n) is 11.0. The topological polar surface area (TPSA) is 44.8 Å². The number of ketones is 1. The number of carbonyl (C=O) groups excluding carboxylic acids is 1. The molecular weight excluding hydrogens is 400 g/mol. The lowest BCUT2D eigenvalue weighted by atomic mass is 9.85. The van der Waals surface area contributed by atoms with E-state index in [4.69, 9.17) is 14.2 Å². The largest absolute Gasteiger partial charge is 0.497 e. The molecule has 2 aromatic rings. The van der Waals surface area contributed by atoms with Gasteiger partial charge in [0.2, 0.25) is 0 Å². The molecule has 0 saturated carbocycles. The Labute approximate surface area is 193 Å². The van der Waals surface area contributed by atoms with Gasteiger partial charge in [-0.2, -0.15) is 0 Å². The Balaban J connectivity index is 2.54. The third-order valence-electron chi connectivity index (χ3n) is 4.54. The highest BCUT2D eigenvalue weighted by Gasteiger charge is 2.26. The smallest absolute Gasteiger partial charge is 0.185 e. The second kappa shape index (κ2) is 9.40. The van der Waals surface area contributed by atoms with E-state index < -0.39 is 5.60 Å². The Bertz CT molecular complexity index is 963. The van der Waals surface area contributed by atoms with E-state index >= 15 is 0 Å². The first-order valence-corrected chi connectivity index (χ1v) is 11.0. The monoisotopic (exact) mass is 438 g/mol. The van der Waals surface area contributed by atoms with Crippen LogP contribution in [0, 0.1) is 0 Å². The highest BCUT2D eigenvalue weighted by Crippen LogP contribution is 2.40. The van der Waals surface area contributed by atoms with Gasteiger partial charge in [-0.3, -0.25) is 4.79 Å². The first-order chi connectivity index (χ1) is 14.6. The van der Waals surface area contributed by atoms with E-state index in [0.29, 0.717) is 11.3 Å². The van der Waals surface area contributed by atoms with Gasteiger partial charge in [-0.15, -0.1) is 0 Å². The lowest BCUT2D eigenvalue weighted by Crippen LogP contribution is -2.27. The zero-order chi connectivity index (χ0) is 24.3. The predicted molar refractivity (Wildman–Crippen MR) is 132 cm³/mol. The molecule has 0 amide bonds. The zero-order valence-electron chi connectivity index (χ0n) is 21.3.